The van der Waals surface area contributed by atoms with Crippen LogP contribution in [0.3, 0.4) is 0 Å². The van der Waals surface area contributed by atoms with Gasteiger partial charge in [-0.3, -0.25) is 14.5 Å². The van der Waals surface area contributed by atoms with Crippen molar-refractivity contribution in [3.8, 4) is 0 Å². The van der Waals surface area contributed by atoms with Crippen molar-refractivity contribution in [3.05, 3.63) is 81.7 Å². The molecule has 1 amide bonds. The number of thiazole rings is 1. The minimum absolute atomic E-state index is 0.188. The molecule has 0 aliphatic heterocycles. The summed E-state index contributed by atoms with van der Waals surface area (Å²) in [5.74, 6) is -0.101. The lowest BCUT2D eigenvalue weighted by Crippen LogP contribution is -2.32. The number of carbonyl (C=O) groups excluding carboxylic acids is 1. The highest BCUT2D eigenvalue weighted by molar-refractivity contribution is 7.14. The molecule has 0 bridgehead atoms. The first kappa shape index (κ1) is 20.0. The molecular formula is C23H22N4O2S. The Morgan fingerprint density at radius 1 is 1.07 bits per heavy atom. The van der Waals surface area contributed by atoms with Crippen molar-refractivity contribution in [2.75, 3.05) is 4.90 Å². The fourth-order valence-corrected chi connectivity index (χ4v) is 4.12. The second kappa shape index (κ2) is 8.20. The zero-order valence-corrected chi connectivity index (χ0v) is 17.9. The van der Waals surface area contributed by atoms with Gasteiger partial charge in [0.1, 0.15) is 0 Å². The molecular weight excluding hydrogens is 396 g/mol. The van der Waals surface area contributed by atoms with Crippen LogP contribution in [-0.4, -0.2) is 20.7 Å². The average Bonchev–Trinajstić information content (AvgIpc) is 3.16. The number of para-hydroxylation sites is 1. The van der Waals surface area contributed by atoms with Gasteiger partial charge in [-0.05, 0) is 31.0 Å². The molecule has 2 aromatic heterocycles. The number of hydrogen-bond donors (Lipinski definition) is 0. The monoisotopic (exact) mass is 418 g/mol. The van der Waals surface area contributed by atoms with E-state index in [1.807, 2.05) is 62.5 Å². The standard InChI is InChI=1S/C23H22N4O2S/c1-15(2)13-26-21(28)19-12-8-7-11-18(19)20(25-26)22(29)27(17-9-5-4-6-10-17)23-24-16(3)14-30-23/h4-12,14-15H,13H2,1-3H3. The molecule has 6 nitrogen and oxygen atoms in total. The van der Waals surface area contributed by atoms with E-state index < -0.39 is 0 Å². The van der Waals surface area contributed by atoms with Crippen LogP contribution in [-0.2, 0) is 6.54 Å². The number of fused-ring (bicyclic) bond motifs is 1. The largest absolute Gasteiger partial charge is 0.285 e. The lowest BCUT2D eigenvalue weighted by Gasteiger charge is -2.21. The molecule has 0 spiro atoms. The number of nitrogens with zero attached hydrogens (tertiary/aromatic N) is 4. The van der Waals surface area contributed by atoms with Crippen molar-refractivity contribution in [1.29, 1.82) is 0 Å². The Morgan fingerprint density at radius 3 is 2.37 bits per heavy atom. The van der Waals surface area contributed by atoms with Gasteiger partial charge in [0, 0.05) is 17.3 Å². The minimum atomic E-state index is -0.316. The molecule has 0 N–H and O–H groups in total. The van der Waals surface area contributed by atoms with Crippen LogP contribution < -0.4 is 10.5 Å². The third-order valence-corrected chi connectivity index (χ3v) is 5.57. The number of aromatic nitrogens is 3. The Hall–Kier alpha value is -3.32. The Kier molecular flexibility index (Phi) is 5.46. The maximum Gasteiger partial charge on any atom is 0.285 e. The van der Waals surface area contributed by atoms with E-state index in [1.165, 1.54) is 16.0 Å². The predicted molar refractivity (Wildman–Crippen MR) is 121 cm³/mol. The Balaban J connectivity index is 1.94. The highest BCUT2D eigenvalue weighted by Gasteiger charge is 2.26. The van der Waals surface area contributed by atoms with E-state index in [2.05, 4.69) is 10.1 Å². The molecule has 0 aliphatic rings. The summed E-state index contributed by atoms with van der Waals surface area (Å²) in [6, 6.07) is 16.5. The van der Waals surface area contributed by atoms with Crippen LogP contribution >= 0.6 is 11.3 Å². The van der Waals surface area contributed by atoms with E-state index in [9.17, 15) is 9.59 Å². The Morgan fingerprint density at radius 2 is 1.73 bits per heavy atom. The minimum Gasteiger partial charge on any atom is -0.267 e. The molecule has 0 unspecified atom stereocenters. The molecule has 0 saturated carbocycles. The number of carbonyl (C=O) groups is 1. The number of aryl methyl sites for hydroxylation is 1. The summed E-state index contributed by atoms with van der Waals surface area (Å²) in [7, 11) is 0. The fraction of sp³-hybridized carbons (Fsp3) is 0.217. The molecule has 0 fully saturated rings. The lowest BCUT2D eigenvalue weighted by molar-refractivity contribution is 0.0993. The van der Waals surface area contributed by atoms with Gasteiger partial charge in [-0.2, -0.15) is 5.10 Å². The van der Waals surface area contributed by atoms with Crippen LogP contribution in [0.4, 0.5) is 10.8 Å². The molecule has 0 atom stereocenters. The van der Waals surface area contributed by atoms with Crippen molar-refractivity contribution < 1.29 is 4.79 Å². The Labute approximate surface area is 178 Å². The van der Waals surface area contributed by atoms with Gasteiger partial charge < -0.3 is 0 Å². The molecule has 4 rings (SSSR count). The summed E-state index contributed by atoms with van der Waals surface area (Å²) in [5, 5.41) is 8.01. The van der Waals surface area contributed by atoms with Crippen molar-refractivity contribution in [2.24, 2.45) is 5.92 Å². The highest BCUT2D eigenvalue weighted by Crippen LogP contribution is 2.31. The van der Waals surface area contributed by atoms with E-state index in [0.29, 0.717) is 28.1 Å². The van der Waals surface area contributed by atoms with E-state index in [0.717, 1.165) is 5.69 Å². The molecule has 0 saturated heterocycles. The second-order valence-corrected chi connectivity index (χ2v) is 8.36. The Bertz CT molecular complexity index is 1260. The van der Waals surface area contributed by atoms with Crippen LogP contribution in [0.25, 0.3) is 10.8 Å². The fourth-order valence-electron chi connectivity index (χ4n) is 3.30. The SMILES string of the molecule is Cc1csc(N(C(=O)c2nn(CC(C)C)c(=O)c3ccccc23)c2ccccc2)n1. The summed E-state index contributed by atoms with van der Waals surface area (Å²) in [4.78, 5) is 32.8. The van der Waals surface area contributed by atoms with E-state index >= 15 is 0 Å². The van der Waals surface area contributed by atoms with Gasteiger partial charge in [-0.25, -0.2) is 9.67 Å². The first-order valence-electron chi connectivity index (χ1n) is 9.77. The summed E-state index contributed by atoms with van der Waals surface area (Å²) in [6.07, 6.45) is 0. The number of amides is 1. The molecule has 0 radical (unpaired) electrons. The van der Waals surface area contributed by atoms with Crippen LogP contribution in [0.15, 0.2) is 64.8 Å². The van der Waals surface area contributed by atoms with Crippen LogP contribution in [0.5, 0.6) is 0 Å². The van der Waals surface area contributed by atoms with Gasteiger partial charge in [0.15, 0.2) is 10.8 Å². The lowest BCUT2D eigenvalue weighted by atomic mass is 10.1. The number of anilines is 2. The summed E-state index contributed by atoms with van der Waals surface area (Å²) >= 11 is 1.40. The molecule has 2 aromatic carbocycles. The summed E-state index contributed by atoms with van der Waals surface area (Å²) in [6.45, 7) is 6.36. The van der Waals surface area contributed by atoms with E-state index in [4.69, 9.17) is 0 Å². The number of rotatable bonds is 5. The van der Waals surface area contributed by atoms with Crippen LogP contribution in [0.2, 0.25) is 0 Å². The van der Waals surface area contributed by atoms with Crippen LogP contribution in [0.1, 0.15) is 30.0 Å². The smallest absolute Gasteiger partial charge is 0.267 e. The molecule has 4 aromatic rings. The summed E-state index contributed by atoms with van der Waals surface area (Å²) in [5.41, 5.74) is 1.59. The van der Waals surface area contributed by atoms with E-state index in [-0.39, 0.29) is 23.1 Å². The topological polar surface area (TPSA) is 68.1 Å². The summed E-state index contributed by atoms with van der Waals surface area (Å²) < 4.78 is 1.40. The van der Waals surface area contributed by atoms with Crippen molar-refractivity contribution in [2.45, 2.75) is 27.3 Å². The van der Waals surface area contributed by atoms with Crippen molar-refractivity contribution in [3.63, 3.8) is 0 Å². The average molecular weight is 419 g/mol. The first-order valence-corrected chi connectivity index (χ1v) is 10.6. The number of benzene rings is 2. The van der Waals surface area contributed by atoms with E-state index in [1.54, 1.807) is 23.1 Å². The van der Waals surface area contributed by atoms with Crippen molar-refractivity contribution in [1.82, 2.24) is 14.8 Å². The van der Waals surface area contributed by atoms with Gasteiger partial charge >= 0.3 is 0 Å². The third-order valence-electron chi connectivity index (χ3n) is 4.62. The molecule has 7 heteroatoms. The predicted octanol–water partition coefficient (Wildman–Crippen LogP) is 4.80. The maximum atomic E-state index is 13.8. The van der Waals surface area contributed by atoms with Crippen molar-refractivity contribution >= 4 is 38.8 Å². The van der Waals surface area contributed by atoms with Gasteiger partial charge in [0.05, 0.1) is 16.8 Å². The molecule has 30 heavy (non-hydrogen) atoms. The van der Waals surface area contributed by atoms with Gasteiger partial charge in [0.25, 0.3) is 11.5 Å². The van der Waals surface area contributed by atoms with Gasteiger partial charge in [-0.1, -0.05) is 50.2 Å². The van der Waals surface area contributed by atoms with Gasteiger partial charge in [-0.15, -0.1) is 11.3 Å². The highest BCUT2D eigenvalue weighted by atomic mass is 32.1. The first-order chi connectivity index (χ1) is 14.5. The molecule has 0 aliphatic carbocycles. The zero-order chi connectivity index (χ0) is 21.3. The van der Waals surface area contributed by atoms with Crippen LogP contribution in [0, 0.1) is 12.8 Å². The number of hydrogen-bond acceptors (Lipinski definition) is 5. The normalized spacial score (nSPS) is 11.2. The third kappa shape index (κ3) is 3.76. The molecule has 2 heterocycles. The molecule has 152 valence electrons. The second-order valence-electron chi connectivity index (χ2n) is 7.52. The zero-order valence-electron chi connectivity index (χ0n) is 17.1. The quantitative estimate of drug-likeness (QED) is 0.467. The maximum absolute atomic E-state index is 13.8. The van der Waals surface area contributed by atoms with Gasteiger partial charge in [0.2, 0.25) is 0 Å².